The van der Waals surface area contributed by atoms with Crippen LogP contribution in [0, 0.1) is 5.82 Å². The Bertz CT molecular complexity index is 1890. The Labute approximate surface area is 349 Å². The van der Waals surface area contributed by atoms with E-state index in [1.807, 2.05) is 48.5 Å². The molecule has 0 bridgehead atoms. The van der Waals surface area contributed by atoms with Gasteiger partial charge in [0.05, 0.1) is 26.3 Å². The van der Waals surface area contributed by atoms with Crippen LogP contribution in [-0.2, 0) is 28.7 Å². The summed E-state index contributed by atoms with van der Waals surface area (Å²) in [6.07, 6.45) is 3.21. The fraction of sp³-hybridized carbons (Fsp3) is 0.455. The predicted octanol–water partition coefficient (Wildman–Crippen LogP) is 6.04. The van der Waals surface area contributed by atoms with Gasteiger partial charge in [0.2, 0.25) is 23.6 Å². The summed E-state index contributed by atoms with van der Waals surface area (Å²) < 4.78 is 23.5. The fourth-order valence-electron chi connectivity index (χ4n) is 8.55. The number of nitrogens with one attached hydrogen (secondary N) is 4. The number of hydrogen-bond donors (Lipinski definition) is 4. The van der Waals surface area contributed by atoms with Crippen LogP contribution in [0.25, 0.3) is 0 Å². The number of nitrogens with zero attached hydrogens (tertiary/aromatic N) is 3. The lowest BCUT2D eigenvalue weighted by atomic mass is 10.0. The van der Waals surface area contributed by atoms with E-state index in [0.717, 1.165) is 29.7 Å². The van der Waals surface area contributed by atoms with Gasteiger partial charge in [0.25, 0.3) is 0 Å². The second-order valence-electron chi connectivity index (χ2n) is 15.3. The molecular weight excluding hydrogens is 774 g/mol. The van der Waals surface area contributed by atoms with Crippen LogP contribution in [0.1, 0.15) is 88.4 Å². The Morgan fingerprint density at radius 2 is 1.02 bits per heavy atom. The molecule has 6 rings (SSSR count). The van der Waals surface area contributed by atoms with Crippen LogP contribution < -0.4 is 26.2 Å². The number of ether oxygens (including phenoxy) is 2. The summed E-state index contributed by atoms with van der Waals surface area (Å²) in [6.45, 7) is 4.38. The average molecular weight is 828 g/mol. The van der Waals surface area contributed by atoms with Gasteiger partial charge in [0, 0.05) is 30.2 Å². The van der Waals surface area contributed by atoms with Gasteiger partial charge in [-0.15, -0.1) is 0 Å². The molecule has 0 aliphatic carbocycles. The minimum Gasteiger partial charge on any atom is -0.453 e. The molecular formula is C44H54FN7O8. The van der Waals surface area contributed by atoms with E-state index in [9.17, 15) is 33.2 Å². The molecule has 6 amide bonds. The molecule has 0 radical (unpaired) electrons. The molecule has 3 aromatic rings. The van der Waals surface area contributed by atoms with Crippen molar-refractivity contribution in [1.29, 1.82) is 0 Å². The van der Waals surface area contributed by atoms with E-state index < -0.39 is 36.4 Å². The monoisotopic (exact) mass is 827 g/mol. The SMILES string of the molecule is CC[C@H](NC(=O)OC)C(=O)N1CCC[C@H]1C(=O)Nc1ccc([C@H]2CC[C@H](c3ccc(NC(=O)[C@@H]4CCCN4C(=O)[C@H](CC)NC(=O)OC)cc3)N2c2ccc(F)cc2)cc1. The second-order valence-corrected chi connectivity index (χ2v) is 15.3. The highest BCUT2D eigenvalue weighted by Gasteiger charge is 2.40. The molecule has 3 aliphatic heterocycles. The van der Waals surface area contributed by atoms with Gasteiger partial charge in [-0.1, -0.05) is 38.1 Å². The minimum atomic E-state index is -0.798. The van der Waals surface area contributed by atoms with Gasteiger partial charge < -0.3 is 45.4 Å². The maximum atomic E-state index is 14.1. The second kappa shape index (κ2) is 19.7. The molecule has 3 heterocycles. The van der Waals surface area contributed by atoms with Crippen molar-refractivity contribution < 1.29 is 42.6 Å². The van der Waals surface area contributed by atoms with Crippen LogP contribution in [0.5, 0.6) is 0 Å². The summed E-state index contributed by atoms with van der Waals surface area (Å²) in [5.41, 5.74) is 4.01. The van der Waals surface area contributed by atoms with Crippen LogP contribution in [-0.4, -0.2) is 97.1 Å². The number of halogens is 1. The van der Waals surface area contributed by atoms with Crippen molar-refractivity contribution in [3.05, 3.63) is 89.7 Å². The topological polar surface area (TPSA) is 179 Å². The third-order valence-corrected chi connectivity index (χ3v) is 11.7. The van der Waals surface area contributed by atoms with Crippen LogP contribution >= 0.6 is 0 Å². The molecule has 16 heteroatoms. The summed E-state index contributed by atoms with van der Waals surface area (Å²) in [6, 6.07) is 18.5. The third-order valence-electron chi connectivity index (χ3n) is 11.7. The Morgan fingerprint density at radius 3 is 1.38 bits per heavy atom. The number of amides is 6. The van der Waals surface area contributed by atoms with Gasteiger partial charge in [-0.2, -0.15) is 0 Å². The molecule has 3 saturated heterocycles. The lowest BCUT2D eigenvalue weighted by Crippen LogP contribution is -2.52. The number of hydrogen-bond acceptors (Lipinski definition) is 9. The van der Waals surface area contributed by atoms with Gasteiger partial charge in [-0.3, -0.25) is 19.2 Å². The third kappa shape index (κ3) is 9.80. The molecule has 0 saturated carbocycles. The van der Waals surface area contributed by atoms with Crippen LogP contribution in [0.15, 0.2) is 72.8 Å². The van der Waals surface area contributed by atoms with Gasteiger partial charge in [0.15, 0.2) is 0 Å². The van der Waals surface area contributed by atoms with Gasteiger partial charge >= 0.3 is 12.2 Å². The number of rotatable bonds is 13. The van der Waals surface area contributed by atoms with Crippen LogP contribution in [0.2, 0.25) is 0 Å². The standard InChI is InChI=1S/C44H54FN7O8/c1-5-33(48-43(57)59-3)41(55)50-25-7-9-37(50)39(53)46-30-17-11-27(12-18-30)35-23-24-36(52(35)32-21-15-29(45)16-22-32)28-13-19-31(20-14-28)47-40(54)38-10-8-26-51(38)42(56)34(6-2)49-44(58)60-4/h11-22,33-38H,5-10,23-26H2,1-4H3,(H,46,53)(H,47,54)(H,48,57)(H,49,58)/t33-,34-,35+,36+,37-,38-/m0/s1. The van der Waals surface area contributed by atoms with E-state index in [0.29, 0.717) is 63.0 Å². The zero-order valence-corrected chi connectivity index (χ0v) is 34.4. The summed E-state index contributed by atoms with van der Waals surface area (Å²) in [5, 5.41) is 11.1. The molecule has 15 nitrogen and oxygen atoms in total. The Morgan fingerprint density at radius 1 is 0.617 bits per heavy atom. The van der Waals surface area contributed by atoms with E-state index in [4.69, 9.17) is 0 Å². The van der Waals surface area contributed by atoms with E-state index in [1.54, 1.807) is 26.0 Å². The first-order chi connectivity index (χ1) is 29.0. The number of methoxy groups -OCH3 is 2. The smallest absolute Gasteiger partial charge is 0.407 e. The van der Waals surface area contributed by atoms with Gasteiger partial charge in [0.1, 0.15) is 30.0 Å². The highest BCUT2D eigenvalue weighted by atomic mass is 19.1. The molecule has 3 fully saturated rings. The van der Waals surface area contributed by atoms with Crippen molar-refractivity contribution >= 4 is 52.9 Å². The Hall–Kier alpha value is -6.19. The number of carbonyl (C=O) groups excluding carboxylic acids is 6. The van der Waals surface area contributed by atoms with Gasteiger partial charge in [-0.25, -0.2) is 14.0 Å². The number of benzene rings is 3. The zero-order chi connectivity index (χ0) is 42.9. The number of likely N-dealkylation sites (tertiary alicyclic amines) is 2. The van der Waals surface area contributed by atoms with Crippen molar-refractivity contribution in [2.45, 2.75) is 101 Å². The Kier molecular flexibility index (Phi) is 14.3. The molecule has 4 N–H and O–H groups in total. The molecule has 3 aromatic carbocycles. The maximum Gasteiger partial charge on any atom is 0.407 e. The fourth-order valence-corrected chi connectivity index (χ4v) is 8.55. The summed E-state index contributed by atoms with van der Waals surface area (Å²) in [5.74, 6) is -1.60. The van der Waals surface area contributed by atoms with E-state index in [1.165, 1.54) is 36.2 Å². The molecule has 60 heavy (non-hydrogen) atoms. The first kappa shape index (κ1) is 43.4. The molecule has 0 aromatic heterocycles. The first-order valence-corrected chi connectivity index (χ1v) is 20.6. The molecule has 3 aliphatic rings. The van der Waals surface area contributed by atoms with Crippen molar-refractivity contribution in [3.63, 3.8) is 0 Å². The largest absolute Gasteiger partial charge is 0.453 e. The molecule has 0 unspecified atom stereocenters. The molecule has 0 spiro atoms. The van der Waals surface area contributed by atoms with E-state index in [-0.39, 0.29) is 41.5 Å². The van der Waals surface area contributed by atoms with Crippen molar-refractivity contribution in [1.82, 2.24) is 20.4 Å². The lowest BCUT2D eigenvalue weighted by molar-refractivity contribution is -0.138. The zero-order valence-electron chi connectivity index (χ0n) is 34.4. The van der Waals surface area contributed by atoms with Crippen molar-refractivity contribution in [3.8, 4) is 0 Å². The average Bonchev–Trinajstić information content (AvgIpc) is 4.06. The minimum absolute atomic E-state index is 0.0765. The Balaban J connectivity index is 1.13. The summed E-state index contributed by atoms with van der Waals surface area (Å²) in [7, 11) is 2.46. The van der Waals surface area contributed by atoms with Gasteiger partial charge in [-0.05, 0) is 111 Å². The van der Waals surface area contributed by atoms with E-state index in [2.05, 4.69) is 35.6 Å². The number of carbonyl (C=O) groups is 6. The maximum absolute atomic E-state index is 14.1. The highest BCUT2D eigenvalue weighted by molar-refractivity contribution is 5.99. The molecule has 6 atom stereocenters. The lowest BCUT2D eigenvalue weighted by Gasteiger charge is -2.33. The molecule has 320 valence electrons. The summed E-state index contributed by atoms with van der Waals surface area (Å²) >= 11 is 0. The number of alkyl carbamates (subject to hydrolysis) is 2. The van der Waals surface area contributed by atoms with E-state index >= 15 is 0 Å². The van der Waals surface area contributed by atoms with Crippen LogP contribution in [0.3, 0.4) is 0 Å². The first-order valence-electron chi connectivity index (χ1n) is 20.6. The highest BCUT2D eigenvalue weighted by Crippen LogP contribution is 2.47. The van der Waals surface area contributed by atoms with Crippen LogP contribution in [0.4, 0.5) is 31.0 Å². The number of anilines is 3. The quantitative estimate of drug-likeness (QED) is 0.160. The van der Waals surface area contributed by atoms with Crippen molar-refractivity contribution in [2.75, 3.05) is 42.8 Å². The predicted molar refractivity (Wildman–Crippen MR) is 222 cm³/mol. The van der Waals surface area contributed by atoms with Crippen molar-refractivity contribution in [2.24, 2.45) is 0 Å². The summed E-state index contributed by atoms with van der Waals surface area (Å²) in [4.78, 5) is 82.5. The normalized spacial score (nSPS) is 20.9.